The smallest absolute Gasteiger partial charge is 0.391 e. The SMILES string of the molecule is CCCCCCC/C=C\C/C=C\C/C=C\CCCCCCCCCCCCCCCCCCCCCCCCCCC(=O)NC(COP(=O)(O)OCC[N+](C)(C)C)C(O)CCCCCCCCCCCCCCCCCCCC. The van der Waals surface area contributed by atoms with E-state index >= 15 is 0 Å². The van der Waals surface area contributed by atoms with Crippen LogP contribution in [0.15, 0.2) is 36.5 Å². The second-order valence-corrected chi connectivity index (χ2v) is 26.7. The first-order valence-electron chi connectivity index (χ1n) is 34.9. The molecular formula is C70H138N2O6P+. The summed E-state index contributed by atoms with van der Waals surface area (Å²) in [4.78, 5) is 23.4. The second kappa shape index (κ2) is 61.3. The number of aliphatic hydroxyl groups excluding tert-OH is 1. The lowest BCUT2D eigenvalue weighted by molar-refractivity contribution is -0.870. The summed E-state index contributed by atoms with van der Waals surface area (Å²) in [6.45, 7) is 4.93. The van der Waals surface area contributed by atoms with Crippen molar-refractivity contribution in [3.63, 3.8) is 0 Å². The number of allylic oxidation sites excluding steroid dienone is 6. The predicted molar refractivity (Wildman–Crippen MR) is 346 cm³/mol. The fraction of sp³-hybridized carbons (Fsp3) is 0.900. The largest absolute Gasteiger partial charge is 0.472 e. The quantitative estimate of drug-likeness (QED) is 0.0243. The number of nitrogens with zero attached hydrogens (tertiary/aromatic N) is 1. The van der Waals surface area contributed by atoms with Crippen LogP contribution in [0.1, 0.15) is 354 Å². The molecule has 0 heterocycles. The van der Waals surface area contributed by atoms with Gasteiger partial charge in [-0.25, -0.2) is 4.57 Å². The number of nitrogens with one attached hydrogen (secondary N) is 1. The van der Waals surface area contributed by atoms with Crippen molar-refractivity contribution < 1.29 is 32.9 Å². The highest BCUT2D eigenvalue weighted by molar-refractivity contribution is 7.47. The molecule has 0 saturated carbocycles. The Labute approximate surface area is 493 Å². The van der Waals surface area contributed by atoms with Crippen molar-refractivity contribution in [2.75, 3.05) is 40.9 Å². The third kappa shape index (κ3) is 64.1. The van der Waals surface area contributed by atoms with Crippen molar-refractivity contribution in [3.05, 3.63) is 36.5 Å². The van der Waals surface area contributed by atoms with Gasteiger partial charge in [-0.2, -0.15) is 0 Å². The highest BCUT2D eigenvalue weighted by atomic mass is 31.2. The van der Waals surface area contributed by atoms with Crippen molar-refractivity contribution >= 4 is 13.7 Å². The molecule has 0 aliphatic heterocycles. The normalized spacial score (nSPS) is 13.9. The van der Waals surface area contributed by atoms with Crippen LogP contribution in [-0.4, -0.2) is 73.4 Å². The molecule has 3 unspecified atom stereocenters. The standard InChI is InChI=1S/C70H137N2O6P/c1-6-8-10-12-14-16-18-20-22-24-26-27-28-29-30-31-32-33-34-35-36-37-38-39-40-41-42-43-44-45-46-48-50-52-54-56-58-60-62-64-70(74)71-68(67-78-79(75,76)77-66-65-72(3,4)5)69(73)63-61-59-57-55-53-51-49-47-25-23-21-19-17-15-13-11-9-7-2/h18,20,24,26,28-29,68-69,73H,6-17,19,21-23,25,27,30-67H2,1-5H3,(H-,71,74,75,76)/p+1/b20-18-,26-24-,29-28-. The number of likely N-dealkylation sites (N-methyl/N-ethyl adjacent to an activating group) is 1. The lowest BCUT2D eigenvalue weighted by Crippen LogP contribution is -2.46. The molecule has 9 heteroatoms. The summed E-state index contributed by atoms with van der Waals surface area (Å²) in [5.74, 6) is -0.137. The van der Waals surface area contributed by atoms with E-state index in [0.717, 1.165) is 51.4 Å². The van der Waals surface area contributed by atoms with Gasteiger partial charge in [0.15, 0.2) is 0 Å². The number of hydrogen-bond acceptors (Lipinski definition) is 5. The van der Waals surface area contributed by atoms with Crippen molar-refractivity contribution in [2.24, 2.45) is 0 Å². The van der Waals surface area contributed by atoms with Crippen LogP contribution in [0.4, 0.5) is 0 Å². The first kappa shape index (κ1) is 77.7. The number of carbonyl (C=O) groups is 1. The van der Waals surface area contributed by atoms with E-state index in [2.05, 4.69) is 55.6 Å². The van der Waals surface area contributed by atoms with Crippen LogP contribution >= 0.6 is 7.82 Å². The monoisotopic (exact) mass is 1130 g/mol. The zero-order chi connectivity index (χ0) is 57.7. The predicted octanol–water partition coefficient (Wildman–Crippen LogP) is 22.1. The zero-order valence-corrected chi connectivity index (χ0v) is 54.5. The van der Waals surface area contributed by atoms with E-state index < -0.39 is 20.0 Å². The van der Waals surface area contributed by atoms with Crippen LogP contribution < -0.4 is 5.32 Å². The van der Waals surface area contributed by atoms with Gasteiger partial charge in [0.2, 0.25) is 5.91 Å². The zero-order valence-electron chi connectivity index (χ0n) is 53.6. The topological polar surface area (TPSA) is 105 Å². The first-order chi connectivity index (χ1) is 38.5. The fourth-order valence-corrected chi connectivity index (χ4v) is 11.4. The molecule has 0 aromatic heterocycles. The van der Waals surface area contributed by atoms with Gasteiger partial charge in [-0.1, -0.05) is 333 Å². The maximum atomic E-state index is 13.1. The second-order valence-electron chi connectivity index (χ2n) is 25.3. The molecule has 0 aromatic carbocycles. The van der Waals surface area contributed by atoms with Crippen molar-refractivity contribution in [2.45, 2.75) is 366 Å². The summed E-state index contributed by atoms with van der Waals surface area (Å²) in [7, 11) is 1.63. The molecule has 0 bridgehead atoms. The van der Waals surface area contributed by atoms with Gasteiger partial charge >= 0.3 is 7.82 Å². The Bertz CT molecular complexity index is 1380. The average molecular weight is 1130 g/mol. The Kier molecular flexibility index (Phi) is 60.3. The Morgan fingerprint density at radius 1 is 0.430 bits per heavy atom. The number of aliphatic hydroxyl groups is 1. The molecule has 0 aliphatic rings. The van der Waals surface area contributed by atoms with Crippen LogP contribution in [0, 0.1) is 0 Å². The highest BCUT2D eigenvalue weighted by Gasteiger charge is 2.28. The number of amides is 1. The van der Waals surface area contributed by atoms with Gasteiger partial charge < -0.3 is 19.8 Å². The minimum absolute atomic E-state index is 0.0773. The molecule has 79 heavy (non-hydrogen) atoms. The van der Waals surface area contributed by atoms with E-state index in [1.165, 1.54) is 276 Å². The lowest BCUT2D eigenvalue weighted by Gasteiger charge is -2.26. The van der Waals surface area contributed by atoms with Gasteiger partial charge in [0.05, 0.1) is 39.9 Å². The van der Waals surface area contributed by atoms with Crippen LogP contribution in [0.5, 0.6) is 0 Å². The Morgan fingerprint density at radius 3 is 1.05 bits per heavy atom. The molecule has 0 aliphatic carbocycles. The Hall–Kier alpha value is -1.28. The molecule has 468 valence electrons. The van der Waals surface area contributed by atoms with Crippen molar-refractivity contribution in [1.29, 1.82) is 0 Å². The third-order valence-corrected chi connectivity index (χ3v) is 17.1. The molecule has 3 N–H and O–H groups in total. The molecule has 0 fully saturated rings. The summed E-state index contributed by atoms with van der Waals surface area (Å²) in [6, 6.07) is -0.759. The van der Waals surface area contributed by atoms with Crippen molar-refractivity contribution in [1.82, 2.24) is 5.32 Å². The van der Waals surface area contributed by atoms with Gasteiger partial charge in [-0.15, -0.1) is 0 Å². The Morgan fingerprint density at radius 2 is 0.722 bits per heavy atom. The minimum Gasteiger partial charge on any atom is -0.391 e. The van der Waals surface area contributed by atoms with Crippen LogP contribution in [-0.2, 0) is 18.4 Å². The van der Waals surface area contributed by atoms with Gasteiger partial charge in [-0.3, -0.25) is 13.8 Å². The number of hydrogen-bond donors (Lipinski definition) is 3. The van der Waals surface area contributed by atoms with Gasteiger partial charge in [0.1, 0.15) is 13.2 Å². The van der Waals surface area contributed by atoms with E-state index in [1.807, 2.05) is 21.1 Å². The highest BCUT2D eigenvalue weighted by Crippen LogP contribution is 2.43. The molecule has 0 spiro atoms. The van der Waals surface area contributed by atoms with Gasteiger partial charge in [0, 0.05) is 6.42 Å². The average Bonchev–Trinajstić information content (AvgIpc) is 3.42. The summed E-state index contributed by atoms with van der Waals surface area (Å²) >= 11 is 0. The molecular weight excluding hydrogens is 996 g/mol. The summed E-state index contributed by atoms with van der Waals surface area (Å²) in [6.07, 6.45) is 81.1. The van der Waals surface area contributed by atoms with E-state index in [1.54, 1.807) is 0 Å². The Balaban J connectivity index is 3.90. The molecule has 1 amide bonds. The lowest BCUT2D eigenvalue weighted by atomic mass is 10.0. The molecule has 0 rings (SSSR count). The number of phosphoric ester groups is 1. The number of quaternary nitrogens is 1. The van der Waals surface area contributed by atoms with Gasteiger partial charge in [-0.05, 0) is 51.4 Å². The van der Waals surface area contributed by atoms with Crippen LogP contribution in [0.3, 0.4) is 0 Å². The molecule has 0 radical (unpaired) electrons. The van der Waals surface area contributed by atoms with E-state index in [-0.39, 0.29) is 19.1 Å². The molecule has 0 saturated heterocycles. The fourth-order valence-electron chi connectivity index (χ4n) is 10.7. The van der Waals surface area contributed by atoms with E-state index in [9.17, 15) is 19.4 Å². The van der Waals surface area contributed by atoms with Crippen LogP contribution in [0.25, 0.3) is 0 Å². The number of carbonyl (C=O) groups excluding carboxylic acids is 1. The maximum Gasteiger partial charge on any atom is 0.472 e. The van der Waals surface area contributed by atoms with E-state index in [4.69, 9.17) is 9.05 Å². The van der Waals surface area contributed by atoms with Gasteiger partial charge in [0.25, 0.3) is 0 Å². The van der Waals surface area contributed by atoms with E-state index in [0.29, 0.717) is 23.9 Å². The number of phosphoric acid groups is 1. The summed E-state index contributed by atoms with van der Waals surface area (Å²) in [5.41, 5.74) is 0. The molecule has 8 nitrogen and oxygen atoms in total. The van der Waals surface area contributed by atoms with Crippen LogP contribution in [0.2, 0.25) is 0 Å². The molecule has 3 atom stereocenters. The number of rotatable bonds is 65. The third-order valence-electron chi connectivity index (χ3n) is 16.1. The van der Waals surface area contributed by atoms with Crippen molar-refractivity contribution in [3.8, 4) is 0 Å². The summed E-state index contributed by atoms with van der Waals surface area (Å²) < 4.78 is 23.9. The first-order valence-corrected chi connectivity index (χ1v) is 36.3. The minimum atomic E-state index is -4.32. The maximum absolute atomic E-state index is 13.1. The molecule has 0 aromatic rings. The number of unbranched alkanes of at least 4 members (excludes halogenated alkanes) is 46. The summed E-state index contributed by atoms with van der Waals surface area (Å²) in [5, 5.41) is 14.1.